The fraction of sp³-hybridized carbons (Fsp3) is 0.188. The van der Waals surface area contributed by atoms with Crippen LogP contribution in [-0.2, 0) is 0 Å². The minimum Gasteiger partial charge on any atom is -0.409 e. The van der Waals surface area contributed by atoms with Gasteiger partial charge in [-0.25, -0.2) is 0 Å². The molecule has 2 aromatic carbocycles. The van der Waals surface area contributed by atoms with Gasteiger partial charge >= 0.3 is 0 Å². The molecule has 3 N–H and O–H groups in total. The number of hydrogen-bond donors (Lipinski definition) is 2. The molecule has 0 spiro atoms. The normalized spacial score (nSPS) is 13.2. The van der Waals surface area contributed by atoms with E-state index in [1.807, 2.05) is 24.3 Å². The Morgan fingerprint density at radius 3 is 2.60 bits per heavy atom. The first-order valence-corrected chi connectivity index (χ1v) is 7.31. The van der Waals surface area contributed by atoms with Crippen LogP contribution in [0.5, 0.6) is 0 Å². The van der Waals surface area contributed by atoms with Crippen LogP contribution in [0.2, 0.25) is 0 Å². The van der Waals surface area contributed by atoms with Crippen LogP contribution < -0.4 is 5.73 Å². The summed E-state index contributed by atoms with van der Waals surface area (Å²) in [6.07, 6.45) is 0.513. The van der Waals surface area contributed by atoms with E-state index in [0.717, 1.165) is 0 Å². The van der Waals surface area contributed by atoms with E-state index in [2.05, 4.69) is 42.4 Å². The third kappa shape index (κ3) is 4.03. The van der Waals surface area contributed by atoms with Gasteiger partial charge < -0.3 is 10.9 Å². The maximum atomic E-state index is 8.79. The molecule has 0 aliphatic heterocycles. The number of aryl methyl sites for hydroxylation is 1. The molecule has 2 aromatic rings. The molecule has 20 heavy (non-hydrogen) atoms. The van der Waals surface area contributed by atoms with E-state index in [1.54, 1.807) is 11.8 Å². The average Bonchev–Trinajstić information content (AvgIpc) is 2.47. The van der Waals surface area contributed by atoms with Crippen LogP contribution in [0.1, 0.15) is 22.8 Å². The first-order valence-electron chi connectivity index (χ1n) is 6.43. The molecular formula is C16H18N2OS. The first kappa shape index (κ1) is 14.5. The van der Waals surface area contributed by atoms with Crippen LogP contribution in [0, 0.1) is 6.92 Å². The van der Waals surface area contributed by atoms with Gasteiger partial charge in [-0.2, -0.15) is 0 Å². The lowest BCUT2D eigenvalue weighted by Crippen LogP contribution is -2.14. The molecule has 0 heterocycles. The highest BCUT2D eigenvalue weighted by Crippen LogP contribution is 2.37. The molecule has 0 bridgehead atoms. The van der Waals surface area contributed by atoms with Gasteiger partial charge in [0, 0.05) is 16.6 Å². The summed E-state index contributed by atoms with van der Waals surface area (Å²) in [7, 11) is 0. The predicted molar refractivity (Wildman–Crippen MR) is 84.2 cm³/mol. The second-order valence-corrected chi connectivity index (χ2v) is 5.91. The zero-order valence-electron chi connectivity index (χ0n) is 11.4. The Hall–Kier alpha value is -1.94. The number of benzene rings is 2. The fourth-order valence-electron chi connectivity index (χ4n) is 1.98. The summed E-state index contributed by atoms with van der Waals surface area (Å²) in [5, 5.41) is 12.0. The second-order valence-electron chi connectivity index (χ2n) is 4.63. The molecule has 0 amide bonds. The number of amidine groups is 1. The van der Waals surface area contributed by atoms with Gasteiger partial charge in [-0.1, -0.05) is 53.2 Å². The van der Waals surface area contributed by atoms with Crippen LogP contribution in [0.15, 0.2) is 64.6 Å². The molecule has 0 aromatic heterocycles. The molecule has 1 unspecified atom stereocenters. The maximum Gasteiger partial charge on any atom is 0.140 e. The quantitative estimate of drug-likeness (QED) is 0.287. The van der Waals surface area contributed by atoms with Crippen LogP contribution >= 0.6 is 11.8 Å². The molecule has 4 heteroatoms. The van der Waals surface area contributed by atoms with Crippen molar-refractivity contribution in [1.29, 1.82) is 0 Å². The zero-order chi connectivity index (χ0) is 14.4. The van der Waals surface area contributed by atoms with Crippen LogP contribution in [0.3, 0.4) is 0 Å². The van der Waals surface area contributed by atoms with E-state index < -0.39 is 0 Å². The lowest BCUT2D eigenvalue weighted by atomic mass is 10.1. The highest BCUT2D eigenvalue weighted by atomic mass is 32.2. The van der Waals surface area contributed by atoms with Gasteiger partial charge in [0.2, 0.25) is 0 Å². The summed E-state index contributed by atoms with van der Waals surface area (Å²) >= 11 is 1.73. The molecule has 104 valence electrons. The smallest absolute Gasteiger partial charge is 0.140 e. The van der Waals surface area contributed by atoms with Crippen molar-refractivity contribution in [2.45, 2.75) is 23.5 Å². The third-order valence-electron chi connectivity index (χ3n) is 2.96. The van der Waals surface area contributed by atoms with Crippen molar-refractivity contribution in [1.82, 2.24) is 0 Å². The molecule has 0 fully saturated rings. The number of nitrogens with zero attached hydrogens (tertiary/aromatic N) is 1. The van der Waals surface area contributed by atoms with Gasteiger partial charge in [0.1, 0.15) is 5.84 Å². The number of thioether (sulfide) groups is 1. The molecule has 0 saturated heterocycles. The van der Waals surface area contributed by atoms with E-state index in [0.29, 0.717) is 6.42 Å². The van der Waals surface area contributed by atoms with Crippen LogP contribution in [0.25, 0.3) is 0 Å². The van der Waals surface area contributed by atoms with Crippen LogP contribution in [-0.4, -0.2) is 11.0 Å². The molecular weight excluding hydrogens is 268 g/mol. The third-order valence-corrected chi connectivity index (χ3v) is 4.21. The Bertz CT molecular complexity index is 584. The minimum absolute atomic E-state index is 0.133. The summed E-state index contributed by atoms with van der Waals surface area (Å²) in [5.74, 6) is 0.249. The standard InChI is InChI=1S/C16H18N2OS/c1-12-6-5-9-14(10-12)20-15(11-16(17)18-19)13-7-3-2-4-8-13/h2-10,15,19H,11H2,1H3,(H2,17,18). The molecule has 0 aliphatic rings. The van der Waals surface area contributed by atoms with E-state index in [9.17, 15) is 0 Å². The first-order chi connectivity index (χ1) is 9.69. The number of oxime groups is 1. The van der Waals surface area contributed by atoms with E-state index in [4.69, 9.17) is 10.9 Å². The molecule has 0 radical (unpaired) electrons. The summed E-state index contributed by atoms with van der Waals surface area (Å²) in [5.41, 5.74) is 8.08. The highest BCUT2D eigenvalue weighted by molar-refractivity contribution is 7.99. The molecule has 2 rings (SSSR count). The van der Waals surface area contributed by atoms with Crippen molar-refractivity contribution >= 4 is 17.6 Å². The second kappa shape index (κ2) is 7.01. The zero-order valence-corrected chi connectivity index (χ0v) is 12.2. The fourth-order valence-corrected chi connectivity index (χ4v) is 3.27. The lowest BCUT2D eigenvalue weighted by molar-refractivity contribution is 0.317. The Labute approximate surface area is 123 Å². The van der Waals surface area contributed by atoms with Gasteiger partial charge in [0.25, 0.3) is 0 Å². The van der Waals surface area contributed by atoms with E-state index >= 15 is 0 Å². The Morgan fingerprint density at radius 2 is 1.95 bits per heavy atom. The van der Waals surface area contributed by atoms with Gasteiger partial charge in [-0.3, -0.25) is 0 Å². The minimum atomic E-state index is 0.133. The molecule has 3 nitrogen and oxygen atoms in total. The van der Waals surface area contributed by atoms with Gasteiger partial charge in [0.15, 0.2) is 0 Å². The summed E-state index contributed by atoms with van der Waals surface area (Å²) in [6.45, 7) is 2.07. The molecule has 0 saturated carbocycles. The van der Waals surface area contributed by atoms with Crippen molar-refractivity contribution in [2.75, 3.05) is 0 Å². The largest absolute Gasteiger partial charge is 0.409 e. The SMILES string of the molecule is Cc1cccc(SC(CC(N)=NO)c2ccccc2)c1. The van der Waals surface area contributed by atoms with Crippen molar-refractivity contribution in [3.8, 4) is 0 Å². The predicted octanol–water partition coefficient (Wildman–Crippen LogP) is 3.96. The molecule has 0 aliphatic carbocycles. The topological polar surface area (TPSA) is 58.6 Å². The van der Waals surface area contributed by atoms with Crippen molar-refractivity contribution in [2.24, 2.45) is 10.9 Å². The maximum absolute atomic E-state index is 8.79. The van der Waals surface area contributed by atoms with E-state index in [1.165, 1.54) is 16.0 Å². The average molecular weight is 286 g/mol. The van der Waals surface area contributed by atoms with Gasteiger partial charge in [-0.05, 0) is 24.6 Å². The monoisotopic (exact) mass is 286 g/mol. The number of nitrogens with two attached hydrogens (primary N) is 1. The van der Waals surface area contributed by atoms with Gasteiger partial charge in [0.05, 0.1) is 0 Å². The summed E-state index contributed by atoms with van der Waals surface area (Å²) in [6, 6.07) is 18.5. The van der Waals surface area contributed by atoms with E-state index in [-0.39, 0.29) is 11.1 Å². The Morgan fingerprint density at radius 1 is 1.20 bits per heavy atom. The summed E-state index contributed by atoms with van der Waals surface area (Å²) in [4.78, 5) is 1.18. The number of rotatable bonds is 5. The van der Waals surface area contributed by atoms with Gasteiger partial charge in [-0.15, -0.1) is 11.8 Å². The van der Waals surface area contributed by atoms with Crippen LogP contribution in [0.4, 0.5) is 0 Å². The lowest BCUT2D eigenvalue weighted by Gasteiger charge is -2.16. The van der Waals surface area contributed by atoms with Crippen molar-refractivity contribution in [3.63, 3.8) is 0 Å². The van der Waals surface area contributed by atoms with Crippen molar-refractivity contribution < 1.29 is 5.21 Å². The van der Waals surface area contributed by atoms with Crippen molar-refractivity contribution in [3.05, 3.63) is 65.7 Å². The summed E-state index contributed by atoms with van der Waals surface area (Å²) < 4.78 is 0. The molecule has 1 atom stereocenters. The Balaban J connectivity index is 2.23. The number of hydrogen-bond acceptors (Lipinski definition) is 3. The Kier molecular flexibility index (Phi) is 5.07. The highest BCUT2D eigenvalue weighted by Gasteiger charge is 2.15.